The van der Waals surface area contributed by atoms with Crippen molar-refractivity contribution in [2.24, 2.45) is 0 Å². The Morgan fingerprint density at radius 1 is 1.04 bits per heavy atom. The van der Waals surface area contributed by atoms with Gasteiger partial charge in [0, 0.05) is 19.1 Å². The molecule has 1 amide bonds. The lowest BCUT2D eigenvalue weighted by molar-refractivity contribution is -0.120. The Kier molecular flexibility index (Phi) is 7.66. The molecule has 0 saturated heterocycles. The molecule has 0 radical (unpaired) electrons. The lowest BCUT2D eigenvalue weighted by Gasteiger charge is -2.16. The van der Waals surface area contributed by atoms with Crippen molar-refractivity contribution in [3.63, 3.8) is 0 Å². The first-order chi connectivity index (χ1) is 11.3. The van der Waals surface area contributed by atoms with Crippen molar-refractivity contribution in [2.45, 2.75) is 51.0 Å². The van der Waals surface area contributed by atoms with Crippen LogP contribution in [-0.2, 0) is 11.2 Å². The van der Waals surface area contributed by atoms with Crippen LogP contribution in [0.25, 0.3) is 0 Å². The zero-order valence-corrected chi connectivity index (χ0v) is 14.8. The van der Waals surface area contributed by atoms with E-state index in [0.717, 1.165) is 23.6 Å². The fourth-order valence-corrected chi connectivity index (χ4v) is 3.26. The van der Waals surface area contributed by atoms with E-state index in [2.05, 4.69) is 10.6 Å². The Bertz CT molecular complexity index is 531. The molecule has 1 fully saturated rings. The van der Waals surface area contributed by atoms with Gasteiger partial charge >= 0.3 is 0 Å². The van der Waals surface area contributed by atoms with Crippen LogP contribution in [-0.4, -0.2) is 31.8 Å². The lowest BCUT2D eigenvalue weighted by atomic mass is 10.1. The minimum atomic E-state index is 0. The molecule has 6 heteroatoms. The average molecular weight is 355 g/mol. The summed E-state index contributed by atoms with van der Waals surface area (Å²) >= 11 is 0. The van der Waals surface area contributed by atoms with Crippen LogP contribution in [0.5, 0.6) is 11.5 Å². The highest BCUT2D eigenvalue weighted by Gasteiger charge is 2.14. The molecule has 0 aromatic heterocycles. The van der Waals surface area contributed by atoms with E-state index in [0.29, 0.717) is 19.0 Å². The molecular formula is C18H27ClN2O3. The third-order valence-corrected chi connectivity index (χ3v) is 4.54. The molecule has 1 aliphatic carbocycles. The molecule has 0 unspecified atom stereocenters. The third-order valence-electron chi connectivity index (χ3n) is 4.54. The van der Waals surface area contributed by atoms with Gasteiger partial charge in [0.2, 0.25) is 12.7 Å². The Hall–Kier alpha value is -1.46. The molecule has 0 spiro atoms. The van der Waals surface area contributed by atoms with E-state index < -0.39 is 0 Å². The minimum Gasteiger partial charge on any atom is -0.454 e. The molecule has 1 aliphatic heterocycles. The summed E-state index contributed by atoms with van der Waals surface area (Å²) in [7, 11) is 0. The number of fused-ring (bicyclic) bond motifs is 1. The molecule has 1 aromatic rings. The Balaban J connectivity index is 0.00000208. The van der Waals surface area contributed by atoms with Crippen molar-refractivity contribution in [2.75, 3.05) is 19.9 Å². The maximum absolute atomic E-state index is 12.0. The van der Waals surface area contributed by atoms with Crippen LogP contribution in [0.3, 0.4) is 0 Å². The zero-order valence-electron chi connectivity index (χ0n) is 14.0. The van der Waals surface area contributed by atoms with E-state index in [1.165, 1.54) is 38.5 Å². The van der Waals surface area contributed by atoms with Gasteiger partial charge in [-0.15, -0.1) is 12.4 Å². The molecular weight excluding hydrogens is 328 g/mol. The summed E-state index contributed by atoms with van der Waals surface area (Å²) in [4.78, 5) is 12.0. The van der Waals surface area contributed by atoms with Gasteiger partial charge in [-0.1, -0.05) is 31.7 Å². The van der Waals surface area contributed by atoms with E-state index in [-0.39, 0.29) is 25.1 Å². The van der Waals surface area contributed by atoms with Crippen LogP contribution < -0.4 is 20.1 Å². The number of amides is 1. The van der Waals surface area contributed by atoms with E-state index in [4.69, 9.17) is 9.47 Å². The second-order valence-corrected chi connectivity index (χ2v) is 6.36. The van der Waals surface area contributed by atoms with Gasteiger partial charge in [0.05, 0.1) is 6.42 Å². The first-order valence-corrected chi connectivity index (χ1v) is 8.70. The quantitative estimate of drug-likeness (QED) is 0.609. The summed E-state index contributed by atoms with van der Waals surface area (Å²) in [6, 6.07) is 6.28. The molecule has 1 heterocycles. The van der Waals surface area contributed by atoms with E-state index in [9.17, 15) is 4.79 Å². The smallest absolute Gasteiger partial charge is 0.231 e. The monoisotopic (exact) mass is 354 g/mol. The fourth-order valence-electron chi connectivity index (χ4n) is 3.26. The number of ether oxygens (including phenoxy) is 2. The predicted molar refractivity (Wildman–Crippen MR) is 96.0 cm³/mol. The highest BCUT2D eigenvalue weighted by atomic mass is 35.5. The highest BCUT2D eigenvalue weighted by Crippen LogP contribution is 2.32. The van der Waals surface area contributed by atoms with Crippen molar-refractivity contribution in [1.82, 2.24) is 10.6 Å². The lowest BCUT2D eigenvalue weighted by Crippen LogP contribution is -2.37. The molecule has 0 bridgehead atoms. The van der Waals surface area contributed by atoms with Gasteiger partial charge in [-0.05, 0) is 30.5 Å². The number of hydrogen-bond donors (Lipinski definition) is 2. The van der Waals surface area contributed by atoms with Gasteiger partial charge in [0.15, 0.2) is 11.5 Å². The summed E-state index contributed by atoms with van der Waals surface area (Å²) in [5.41, 5.74) is 0.948. The van der Waals surface area contributed by atoms with Crippen LogP contribution in [0.2, 0.25) is 0 Å². The molecule has 1 saturated carbocycles. The number of benzene rings is 1. The van der Waals surface area contributed by atoms with Crippen LogP contribution in [0.1, 0.15) is 44.1 Å². The number of hydrogen-bond acceptors (Lipinski definition) is 4. The second-order valence-electron chi connectivity index (χ2n) is 6.36. The highest BCUT2D eigenvalue weighted by molar-refractivity contribution is 5.85. The maximum Gasteiger partial charge on any atom is 0.231 e. The van der Waals surface area contributed by atoms with Gasteiger partial charge in [0.1, 0.15) is 0 Å². The van der Waals surface area contributed by atoms with Gasteiger partial charge in [-0.25, -0.2) is 0 Å². The molecule has 5 nitrogen and oxygen atoms in total. The molecule has 3 rings (SSSR count). The second kappa shape index (κ2) is 9.74. The Morgan fingerprint density at radius 3 is 2.58 bits per heavy atom. The first kappa shape index (κ1) is 18.9. The van der Waals surface area contributed by atoms with Crippen LogP contribution >= 0.6 is 12.4 Å². The largest absolute Gasteiger partial charge is 0.454 e. The van der Waals surface area contributed by atoms with Crippen molar-refractivity contribution >= 4 is 18.3 Å². The topological polar surface area (TPSA) is 59.6 Å². The zero-order chi connectivity index (χ0) is 15.9. The van der Waals surface area contributed by atoms with Gasteiger partial charge in [-0.2, -0.15) is 0 Å². The van der Waals surface area contributed by atoms with Crippen molar-refractivity contribution in [1.29, 1.82) is 0 Å². The summed E-state index contributed by atoms with van der Waals surface area (Å²) in [5.74, 6) is 1.53. The third kappa shape index (κ3) is 5.56. The van der Waals surface area contributed by atoms with E-state index in [1.54, 1.807) is 0 Å². The number of carbonyl (C=O) groups excluding carboxylic acids is 1. The SMILES string of the molecule is Cl.O=C(Cc1ccc2c(c1)OCO2)NCCNC1CCCCCC1. The minimum absolute atomic E-state index is 0. The summed E-state index contributed by atoms with van der Waals surface area (Å²) < 4.78 is 10.6. The molecule has 134 valence electrons. The van der Waals surface area contributed by atoms with E-state index >= 15 is 0 Å². The van der Waals surface area contributed by atoms with Crippen LogP contribution in [0.4, 0.5) is 0 Å². The summed E-state index contributed by atoms with van der Waals surface area (Å²) in [6.45, 7) is 1.79. The van der Waals surface area contributed by atoms with Gasteiger partial charge in [-0.3, -0.25) is 4.79 Å². The number of halogens is 1. The van der Waals surface area contributed by atoms with Gasteiger partial charge < -0.3 is 20.1 Å². The fraction of sp³-hybridized carbons (Fsp3) is 0.611. The van der Waals surface area contributed by atoms with Crippen molar-refractivity contribution < 1.29 is 14.3 Å². The summed E-state index contributed by atoms with van der Waals surface area (Å²) in [6.07, 6.45) is 8.30. The summed E-state index contributed by atoms with van der Waals surface area (Å²) in [5, 5.41) is 6.54. The molecule has 1 aromatic carbocycles. The number of nitrogens with one attached hydrogen (secondary N) is 2. The van der Waals surface area contributed by atoms with Gasteiger partial charge in [0.25, 0.3) is 0 Å². The molecule has 24 heavy (non-hydrogen) atoms. The molecule has 0 atom stereocenters. The van der Waals surface area contributed by atoms with Crippen molar-refractivity contribution in [3.05, 3.63) is 23.8 Å². The molecule has 2 aliphatic rings. The van der Waals surface area contributed by atoms with Crippen LogP contribution in [0.15, 0.2) is 18.2 Å². The Morgan fingerprint density at radius 2 is 1.79 bits per heavy atom. The van der Waals surface area contributed by atoms with Crippen LogP contribution in [0, 0.1) is 0 Å². The number of rotatable bonds is 6. The molecule has 2 N–H and O–H groups in total. The number of carbonyl (C=O) groups is 1. The average Bonchev–Trinajstić information content (AvgIpc) is 2.86. The van der Waals surface area contributed by atoms with E-state index in [1.807, 2.05) is 18.2 Å². The normalized spacial score (nSPS) is 17.0. The standard InChI is InChI=1S/C18H26N2O3.ClH/c21-18(12-14-7-8-16-17(11-14)23-13-22-16)20-10-9-19-15-5-3-1-2-4-6-15;/h7-8,11,15,19H,1-6,9-10,12-13H2,(H,20,21);1H. The maximum atomic E-state index is 12.0. The van der Waals surface area contributed by atoms with Crippen molar-refractivity contribution in [3.8, 4) is 11.5 Å². The Labute approximate surface area is 149 Å². The first-order valence-electron chi connectivity index (χ1n) is 8.70. The predicted octanol–water partition coefficient (Wildman–Crippen LogP) is 2.81.